The Morgan fingerprint density at radius 2 is 1.78 bits per heavy atom. The lowest BCUT2D eigenvalue weighted by molar-refractivity contribution is 0.156. The first kappa shape index (κ1) is 21.3. The van der Waals surface area contributed by atoms with Crippen LogP contribution in [-0.4, -0.2) is 40.0 Å². The van der Waals surface area contributed by atoms with Crippen LogP contribution in [0.4, 0.5) is 19.0 Å². The maximum Gasteiger partial charge on any atom is 0.273 e. The standard InChI is InChI=1S/C16H20F3N3O3SSi/c1-27(2,3)8-7-25-11-22(15-5-4-6-20-21-15)26(23,24)16-13(18)9-12(17)10-14(16)19/h4-6,9-10H,7-8,11H2,1-3H3. The van der Waals surface area contributed by atoms with Gasteiger partial charge in [-0.25, -0.2) is 25.9 Å². The molecule has 0 atom stereocenters. The number of benzene rings is 1. The van der Waals surface area contributed by atoms with Crippen molar-refractivity contribution in [1.82, 2.24) is 10.2 Å². The van der Waals surface area contributed by atoms with E-state index >= 15 is 0 Å². The smallest absolute Gasteiger partial charge is 0.273 e. The first-order valence-corrected chi connectivity index (χ1v) is 13.2. The molecule has 148 valence electrons. The van der Waals surface area contributed by atoms with E-state index in [1.54, 1.807) is 0 Å². The molecule has 0 N–H and O–H groups in total. The molecule has 0 radical (unpaired) electrons. The summed E-state index contributed by atoms with van der Waals surface area (Å²) in [6.45, 7) is 6.13. The number of halogens is 3. The molecule has 0 aliphatic heterocycles. The van der Waals surface area contributed by atoms with Crippen molar-refractivity contribution < 1.29 is 26.3 Å². The summed E-state index contributed by atoms with van der Waals surface area (Å²) < 4.78 is 73.0. The summed E-state index contributed by atoms with van der Waals surface area (Å²) >= 11 is 0. The largest absolute Gasteiger partial charge is 0.360 e. The third kappa shape index (κ3) is 5.50. The summed E-state index contributed by atoms with van der Waals surface area (Å²) in [7, 11) is -6.17. The van der Waals surface area contributed by atoms with E-state index in [1.807, 2.05) is 0 Å². The number of ether oxygens (including phenoxy) is 1. The zero-order chi connectivity index (χ0) is 20.2. The van der Waals surface area contributed by atoms with Gasteiger partial charge in [0.25, 0.3) is 10.0 Å². The van der Waals surface area contributed by atoms with Crippen molar-refractivity contribution in [2.75, 3.05) is 17.6 Å². The summed E-state index contributed by atoms with van der Waals surface area (Å²) in [5.74, 6) is -4.47. The number of sulfonamides is 1. The van der Waals surface area contributed by atoms with Crippen molar-refractivity contribution >= 4 is 23.9 Å². The molecule has 0 unspecified atom stereocenters. The third-order valence-corrected chi connectivity index (χ3v) is 7.01. The Balaban J connectivity index is 2.38. The average Bonchev–Trinajstić information content (AvgIpc) is 2.53. The van der Waals surface area contributed by atoms with Gasteiger partial charge in [-0.15, -0.1) is 5.10 Å². The van der Waals surface area contributed by atoms with Crippen molar-refractivity contribution in [3.8, 4) is 0 Å². The molecular weight excluding hydrogens is 399 g/mol. The molecule has 11 heteroatoms. The van der Waals surface area contributed by atoms with Crippen LogP contribution in [0.5, 0.6) is 0 Å². The molecule has 0 aliphatic carbocycles. The number of hydrogen-bond donors (Lipinski definition) is 0. The number of rotatable bonds is 8. The van der Waals surface area contributed by atoms with E-state index in [1.165, 1.54) is 18.3 Å². The predicted molar refractivity (Wildman–Crippen MR) is 97.0 cm³/mol. The van der Waals surface area contributed by atoms with Crippen molar-refractivity contribution in [3.63, 3.8) is 0 Å². The van der Waals surface area contributed by atoms with Gasteiger partial charge in [0.2, 0.25) is 0 Å². The summed E-state index contributed by atoms with van der Waals surface area (Å²) in [6.07, 6.45) is 1.32. The highest BCUT2D eigenvalue weighted by Crippen LogP contribution is 2.26. The zero-order valence-electron chi connectivity index (χ0n) is 15.1. The van der Waals surface area contributed by atoms with Gasteiger partial charge < -0.3 is 4.74 Å². The topological polar surface area (TPSA) is 72.4 Å². The molecule has 2 aromatic rings. The average molecular weight is 420 g/mol. The summed E-state index contributed by atoms with van der Waals surface area (Å²) in [5.41, 5.74) is 0. The van der Waals surface area contributed by atoms with Gasteiger partial charge in [-0.2, -0.15) is 5.10 Å². The summed E-state index contributed by atoms with van der Waals surface area (Å²) in [4.78, 5) is -1.27. The number of anilines is 1. The van der Waals surface area contributed by atoms with Crippen LogP contribution in [-0.2, 0) is 14.8 Å². The highest BCUT2D eigenvalue weighted by atomic mass is 32.2. The van der Waals surface area contributed by atoms with Gasteiger partial charge in [0.1, 0.15) is 24.2 Å². The van der Waals surface area contributed by atoms with Crippen molar-refractivity contribution in [3.05, 3.63) is 47.9 Å². The van der Waals surface area contributed by atoms with E-state index in [-0.39, 0.29) is 12.4 Å². The van der Waals surface area contributed by atoms with E-state index in [2.05, 4.69) is 29.8 Å². The molecule has 0 aliphatic rings. The first-order valence-electron chi connectivity index (χ1n) is 8.05. The predicted octanol–water partition coefficient (Wildman–Crippen LogP) is 3.40. The Morgan fingerprint density at radius 1 is 1.15 bits per heavy atom. The van der Waals surface area contributed by atoms with Gasteiger partial charge in [0.05, 0.1) is 0 Å². The number of nitrogens with zero attached hydrogens (tertiary/aromatic N) is 3. The van der Waals surface area contributed by atoms with Crippen LogP contribution in [0.25, 0.3) is 0 Å². The SMILES string of the molecule is C[Si](C)(C)CCOCN(c1cccnn1)S(=O)(=O)c1c(F)cc(F)cc1F. The Morgan fingerprint density at radius 3 is 2.30 bits per heavy atom. The third-order valence-electron chi connectivity index (χ3n) is 3.53. The van der Waals surface area contributed by atoms with Crippen LogP contribution in [0, 0.1) is 17.5 Å². The van der Waals surface area contributed by atoms with Gasteiger partial charge in [-0.3, -0.25) is 0 Å². The molecule has 1 aromatic heterocycles. The molecule has 0 saturated heterocycles. The van der Waals surface area contributed by atoms with Crippen molar-refractivity contribution in [2.45, 2.75) is 30.6 Å². The van der Waals surface area contributed by atoms with Crippen LogP contribution in [0.1, 0.15) is 0 Å². The second-order valence-corrected chi connectivity index (χ2v) is 14.4. The van der Waals surface area contributed by atoms with E-state index in [4.69, 9.17) is 4.74 Å². The minimum atomic E-state index is -4.75. The van der Waals surface area contributed by atoms with E-state index in [9.17, 15) is 21.6 Å². The lowest BCUT2D eigenvalue weighted by Crippen LogP contribution is -2.36. The van der Waals surface area contributed by atoms with E-state index < -0.39 is 47.2 Å². The van der Waals surface area contributed by atoms with Gasteiger partial charge in [-0.1, -0.05) is 19.6 Å². The maximum atomic E-state index is 14.1. The molecule has 1 heterocycles. The lowest BCUT2D eigenvalue weighted by Gasteiger charge is -2.24. The highest BCUT2D eigenvalue weighted by Gasteiger charge is 2.33. The fraction of sp³-hybridized carbons (Fsp3) is 0.375. The molecule has 2 rings (SSSR count). The summed E-state index contributed by atoms with van der Waals surface area (Å²) in [6, 6.07) is 4.10. The van der Waals surface area contributed by atoms with Crippen LogP contribution >= 0.6 is 0 Å². The second-order valence-electron chi connectivity index (χ2n) is 6.98. The molecule has 0 bridgehead atoms. The van der Waals surface area contributed by atoms with Gasteiger partial charge >= 0.3 is 0 Å². The number of hydrogen-bond acceptors (Lipinski definition) is 5. The monoisotopic (exact) mass is 419 g/mol. The second kappa shape index (κ2) is 8.36. The minimum absolute atomic E-state index is 0.173. The van der Waals surface area contributed by atoms with Crippen LogP contribution in [0.2, 0.25) is 25.7 Å². The number of aromatic nitrogens is 2. The first-order chi connectivity index (χ1) is 12.5. The minimum Gasteiger partial charge on any atom is -0.360 e. The van der Waals surface area contributed by atoms with Gasteiger partial charge in [0.15, 0.2) is 10.7 Å². The van der Waals surface area contributed by atoms with Crippen LogP contribution in [0.15, 0.2) is 35.4 Å². The fourth-order valence-electron chi connectivity index (χ4n) is 2.10. The van der Waals surface area contributed by atoms with Crippen LogP contribution in [0.3, 0.4) is 0 Å². The molecular formula is C16H20F3N3O3SSi. The molecule has 0 saturated carbocycles. The Labute approximate surface area is 157 Å². The molecule has 27 heavy (non-hydrogen) atoms. The Bertz CT molecular complexity index is 870. The molecule has 6 nitrogen and oxygen atoms in total. The fourth-order valence-corrected chi connectivity index (χ4v) is 4.24. The van der Waals surface area contributed by atoms with Crippen molar-refractivity contribution in [1.29, 1.82) is 0 Å². The lowest BCUT2D eigenvalue weighted by atomic mass is 10.3. The maximum absolute atomic E-state index is 14.1. The molecule has 0 amide bonds. The van der Waals surface area contributed by atoms with E-state index in [0.717, 1.165) is 6.04 Å². The normalized spacial score (nSPS) is 12.2. The Hall–Kier alpha value is -1.98. The Kier molecular flexibility index (Phi) is 6.60. The molecule has 0 fully saturated rings. The van der Waals surface area contributed by atoms with Gasteiger partial charge in [-0.05, 0) is 18.2 Å². The van der Waals surface area contributed by atoms with Crippen LogP contribution < -0.4 is 4.31 Å². The molecule has 0 spiro atoms. The van der Waals surface area contributed by atoms with Crippen molar-refractivity contribution in [2.24, 2.45) is 0 Å². The van der Waals surface area contributed by atoms with E-state index in [0.29, 0.717) is 16.4 Å². The summed E-state index contributed by atoms with van der Waals surface area (Å²) in [5, 5.41) is 7.27. The van der Waals surface area contributed by atoms with Gasteiger partial charge in [0, 0.05) is 33.0 Å². The molecule has 1 aromatic carbocycles. The zero-order valence-corrected chi connectivity index (χ0v) is 16.9. The quantitative estimate of drug-likeness (QED) is 0.373. The highest BCUT2D eigenvalue weighted by molar-refractivity contribution is 7.92.